The van der Waals surface area contributed by atoms with Crippen LogP contribution in [0.15, 0.2) is 18.2 Å². The maximum absolute atomic E-state index is 2.44. The van der Waals surface area contributed by atoms with Crippen molar-refractivity contribution in [3.63, 3.8) is 0 Å². The average molecular weight is 218 g/mol. The molecule has 90 valence electrons. The maximum atomic E-state index is 2.44. The van der Waals surface area contributed by atoms with Crippen molar-refractivity contribution in [1.82, 2.24) is 0 Å². The van der Waals surface area contributed by atoms with Crippen LogP contribution in [0.4, 0.5) is 0 Å². The van der Waals surface area contributed by atoms with Crippen LogP contribution in [0.25, 0.3) is 0 Å². The molecule has 0 nitrogen and oxygen atoms in total. The number of benzene rings is 1. The molecule has 0 spiro atoms. The Morgan fingerprint density at radius 1 is 0.938 bits per heavy atom. The van der Waals surface area contributed by atoms with Gasteiger partial charge < -0.3 is 0 Å². The van der Waals surface area contributed by atoms with Crippen LogP contribution in [-0.4, -0.2) is 0 Å². The molecule has 0 saturated carbocycles. The second-order valence-electron chi connectivity index (χ2n) is 5.20. The number of rotatable bonds is 6. The molecule has 1 aromatic rings. The Hall–Kier alpha value is -0.780. The van der Waals surface area contributed by atoms with E-state index in [-0.39, 0.29) is 0 Å². The van der Waals surface area contributed by atoms with Crippen molar-refractivity contribution in [1.29, 1.82) is 0 Å². The molecular formula is C16H26. The molecular weight excluding hydrogens is 192 g/mol. The molecule has 0 fully saturated rings. The molecule has 0 radical (unpaired) electrons. The second-order valence-corrected chi connectivity index (χ2v) is 5.20. The van der Waals surface area contributed by atoms with Gasteiger partial charge in [0.2, 0.25) is 0 Å². The lowest BCUT2D eigenvalue weighted by Gasteiger charge is -2.13. The third-order valence-electron chi connectivity index (χ3n) is 2.96. The average Bonchev–Trinajstić information content (AvgIpc) is 2.22. The summed E-state index contributed by atoms with van der Waals surface area (Å²) in [6, 6.07) is 7.11. The highest BCUT2D eigenvalue weighted by atomic mass is 14.1. The predicted octanol–water partition coefficient (Wildman–Crippen LogP) is 4.79. The monoisotopic (exact) mass is 218 g/mol. The van der Waals surface area contributed by atoms with Gasteiger partial charge in [0.25, 0.3) is 0 Å². The highest BCUT2D eigenvalue weighted by molar-refractivity contribution is 5.32. The first kappa shape index (κ1) is 13.3. The minimum absolute atomic E-state index is 0.757. The van der Waals surface area contributed by atoms with Gasteiger partial charge in [-0.1, -0.05) is 58.7 Å². The zero-order chi connectivity index (χ0) is 12.0. The van der Waals surface area contributed by atoms with E-state index in [0.29, 0.717) is 0 Å². The normalized spacial score (nSPS) is 11.1. The van der Waals surface area contributed by atoms with E-state index in [1.54, 1.807) is 11.1 Å². The number of hydrogen-bond acceptors (Lipinski definition) is 0. The summed E-state index contributed by atoms with van der Waals surface area (Å²) < 4.78 is 0. The third kappa shape index (κ3) is 4.00. The lowest BCUT2D eigenvalue weighted by atomic mass is 9.93. The highest BCUT2D eigenvalue weighted by Crippen LogP contribution is 2.18. The molecule has 0 heteroatoms. The molecule has 0 heterocycles. The summed E-state index contributed by atoms with van der Waals surface area (Å²) in [5.74, 6) is 0.757. The van der Waals surface area contributed by atoms with Crippen molar-refractivity contribution < 1.29 is 0 Å². The lowest BCUT2D eigenvalue weighted by molar-refractivity contribution is 0.641. The molecule has 0 saturated heterocycles. The molecule has 0 bridgehead atoms. The second kappa shape index (κ2) is 6.73. The van der Waals surface area contributed by atoms with Gasteiger partial charge in [-0.15, -0.1) is 0 Å². The van der Waals surface area contributed by atoms with Gasteiger partial charge in [0.1, 0.15) is 0 Å². The van der Waals surface area contributed by atoms with E-state index in [0.717, 1.165) is 5.92 Å². The Morgan fingerprint density at radius 3 is 2.19 bits per heavy atom. The summed E-state index contributed by atoms with van der Waals surface area (Å²) in [6.07, 6.45) is 6.18. The quantitative estimate of drug-likeness (QED) is 0.644. The summed E-state index contributed by atoms with van der Waals surface area (Å²) in [6.45, 7) is 9.12. The molecule has 0 amide bonds. The lowest BCUT2D eigenvalue weighted by Crippen LogP contribution is -2.01. The van der Waals surface area contributed by atoms with Gasteiger partial charge in [-0.05, 0) is 41.9 Å². The van der Waals surface area contributed by atoms with Crippen LogP contribution < -0.4 is 0 Å². The Bertz CT molecular complexity index is 310. The van der Waals surface area contributed by atoms with Crippen molar-refractivity contribution in [2.24, 2.45) is 5.92 Å². The van der Waals surface area contributed by atoms with Crippen LogP contribution in [0.2, 0.25) is 0 Å². The Morgan fingerprint density at radius 2 is 1.62 bits per heavy atom. The number of hydrogen-bond donors (Lipinski definition) is 0. The van der Waals surface area contributed by atoms with Crippen LogP contribution in [0.5, 0.6) is 0 Å². The minimum Gasteiger partial charge on any atom is -0.0651 e. The number of aryl methyl sites for hydroxylation is 2. The van der Waals surface area contributed by atoms with Crippen LogP contribution in [0, 0.1) is 5.92 Å². The van der Waals surface area contributed by atoms with Crippen LogP contribution >= 0.6 is 0 Å². The van der Waals surface area contributed by atoms with Gasteiger partial charge in [-0.3, -0.25) is 0 Å². The van der Waals surface area contributed by atoms with Crippen molar-refractivity contribution in [3.8, 4) is 0 Å². The molecule has 0 aromatic heterocycles. The summed E-state index contributed by atoms with van der Waals surface area (Å²) in [7, 11) is 0. The van der Waals surface area contributed by atoms with Gasteiger partial charge in [0, 0.05) is 0 Å². The van der Waals surface area contributed by atoms with E-state index in [4.69, 9.17) is 0 Å². The van der Waals surface area contributed by atoms with E-state index < -0.39 is 0 Å². The van der Waals surface area contributed by atoms with Gasteiger partial charge in [0.05, 0.1) is 0 Å². The van der Waals surface area contributed by atoms with Gasteiger partial charge in [0.15, 0.2) is 0 Å². The van der Waals surface area contributed by atoms with Crippen molar-refractivity contribution >= 4 is 0 Å². The highest BCUT2D eigenvalue weighted by Gasteiger charge is 2.05. The SMILES string of the molecule is CCCc1ccc(CC(C)C)c(CCC)c1. The van der Waals surface area contributed by atoms with Gasteiger partial charge in [-0.2, -0.15) is 0 Å². The third-order valence-corrected chi connectivity index (χ3v) is 2.96. The fraction of sp³-hybridized carbons (Fsp3) is 0.625. The van der Waals surface area contributed by atoms with Crippen molar-refractivity contribution in [3.05, 3.63) is 34.9 Å². The van der Waals surface area contributed by atoms with E-state index in [1.165, 1.54) is 37.7 Å². The molecule has 1 aromatic carbocycles. The van der Waals surface area contributed by atoms with Gasteiger partial charge >= 0.3 is 0 Å². The predicted molar refractivity (Wildman–Crippen MR) is 73.0 cm³/mol. The molecule has 0 aliphatic rings. The van der Waals surface area contributed by atoms with E-state index in [2.05, 4.69) is 45.9 Å². The van der Waals surface area contributed by atoms with E-state index >= 15 is 0 Å². The zero-order valence-electron chi connectivity index (χ0n) is 11.3. The molecule has 0 N–H and O–H groups in total. The zero-order valence-corrected chi connectivity index (χ0v) is 11.3. The molecule has 1 rings (SSSR count). The molecule has 0 atom stereocenters. The summed E-state index contributed by atoms with van der Waals surface area (Å²) in [5.41, 5.74) is 4.66. The molecule has 16 heavy (non-hydrogen) atoms. The summed E-state index contributed by atoms with van der Waals surface area (Å²) in [5, 5.41) is 0. The van der Waals surface area contributed by atoms with Crippen molar-refractivity contribution in [2.75, 3.05) is 0 Å². The van der Waals surface area contributed by atoms with Crippen LogP contribution in [-0.2, 0) is 19.3 Å². The Labute approximate surface area is 101 Å². The van der Waals surface area contributed by atoms with Crippen molar-refractivity contribution in [2.45, 2.75) is 59.8 Å². The molecule has 0 unspecified atom stereocenters. The summed E-state index contributed by atoms with van der Waals surface area (Å²) >= 11 is 0. The first-order chi connectivity index (χ1) is 7.67. The minimum atomic E-state index is 0.757. The van der Waals surface area contributed by atoms with Gasteiger partial charge in [-0.25, -0.2) is 0 Å². The van der Waals surface area contributed by atoms with Crippen LogP contribution in [0.3, 0.4) is 0 Å². The molecule has 0 aliphatic heterocycles. The Balaban J connectivity index is 2.89. The largest absolute Gasteiger partial charge is 0.0651 e. The fourth-order valence-electron chi connectivity index (χ4n) is 2.26. The smallest absolute Gasteiger partial charge is 0.0253 e. The maximum Gasteiger partial charge on any atom is -0.0253 e. The standard InChI is InChI=1S/C16H26/c1-5-7-14-9-10-16(11-13(3)4)15(12-14)8-6-2/h9-10,12-13H,5-8,11H2,1-4H3. The fourth-order valence-corrected chi connectivity index (χ4v) is 2.26. The van der Waals surface area contributed by atoms with Crippen LogP contribution in [0.1, 0.15) is 57.2 Å². The summed E-state index contributed by atoms with van der Waals surface area (Å²) in [4.78, 5) is 0. The topological polar surface area (TPSA) is 0 Å². The Kier molecular flexibility index (Phi) is 5.59. The first-order valence-corrected chi connectivity index (χ1v) is 6.78. The molecule has 0 aliphatic carbocycles. The first-order valence-electron chi connectivity index (χ1n) is 6.78. The van der Waals surface area contributed by atoms with E-state index in [9.17, 15) is 0 Å². The van der Waals surface area contributed by atoms with E-state index in [1.807, 2.05) is 0 Å².